The van der Waals surface area contributed by atoms with Gasteiger partial charge in [0.2, 0.25) is 33.4 Å². The van der Waals surface area contributed by atoms with E-state index in [0.717, 1.165) is 22.9 Å². The number of sulfone groups is 1. The Kier molecular flexibility index (Phi) is 6.83. The lowest BCUT2D eigenvalue weighted by Gasteiger charge is -2.26. The highest BCUT2D eigenvalue weighted by Gasteiger charge is 2.35. The molecule has 0 atom stereocenters. The fourth-order valence-electron chi connectivity index (χ4n) is 4.32. The zero-order chi connectivity index (χ0) is 27.1. The summed E-state index contributed by atoms with van der Waals surface area (Å²) < 4.78 is 49.7. The maximum atomic E-state index is 13.6. The maximum Gasteiger partial charge on any atom is 0.266 e. The van der Waals surface area contributed by atoms with Gasteiger partial charge in [0.05, 0.1) is 29.6 Å². The topological polar surface area (TPSA) is 111 Å². The molecule has 1 aromatic heterocycles. The molecule has 1 amide bonds. The van der Waals surface area contributed by atoms with Crippen molar-refractivity contribution in [2.45, 2.75) is 23.4 Å². The third-order valence-electron chi connectivity index (χ3n) is 6.39. The van der Waals surface area contributed by atoms with E-state index in [1.807, 2.05) is 19.1 Å². The zero-order valence-electron chi connectivity index (χ0n) is 20.8. The van der Waals surface area contributed by atoms with Crippen LogP contribution in [0.5, 0.6) is 11.5 Å². The van der Waals surface area contributed by atoms with Crippen LogP contribution in [0.15, 0.2) is 61.7 Å². The molecule has 2 saturated heterocycles. The molecule has 202 valence electrons. The summed E-state index contributed by atoms with van der Waals surface area (Å²) in [6.45, 7) is 4.04. The van der Waals surface area contributed by atoms with E-state index in [0.29, 0.717) is 42.1 Å². The Morgan fingerprint density at radius 3 is 2.59 bits per heavy atom. The minimum absolute atomic E-state index is 0.00533. The number of morpholine rings is 1. The van der Waals surface area contributed by atoms with Crippen molar-refractivity contribution in [3.8, 4) is 11.5 Å². The van der Waals surface area contributed by atoms with Gasteiger partial charge in [-0.1, -0.05) is 47.7 Å². The number of aromatic nitrogens is 1. The largest absolute Gasteiger partial charge is 0.454 e. The number of aryl methyl sites for hydroxylation is 1. The van der Waals surface area contributed by atoms with Crippen molar-refractivity contribution in [2.75, 3.05) is 38.0 Å². The number of ether oxygens (including phenoxy) is 3. The number of nitrogens with zero attached hydrogens (tertiary/aromatic N) is 3. The number of carbonyl (C=O) groups excluding carboxylic acids is 1. The monoisotopic (exact) mass is 585 g/mol. The van der Waals surface area contributed by atoms with E-state index in [1.165, 1.54) is 11.0 Å². The molecule has 2 fully saturated rings. The Morgan fingerprint density at radius 1 is 1.08 bits per heavy atom. The number of rotatable bonds is 6. The van der Waals surface area contributed by atoms with Gasteiger partial charge in [-0.3, -0.25) is 9.69 Å². The molecule has 0 unspecified atom stereocenters. The lowest BCUT2D eigenvalue weighted by Crippen LogP contribution is -2.36. The Hall–Kier alpha value is -3.39. The Morgan fingerprint density at radius 2 is 1.82 bits per heavy atom. The van der Waals surface area contributed by atoms with Gasteiger partial charge in [0, 0.05) is 19.2 Å². The first kappa shape index (κ1) is 25.9. The molecule has 10 nitrogen and oxygen atoms in total. The number of anilines is 1. The van der Waals surface area contributed by atoms with Crippen molar-refractivity contribution < 1.29 is 31.8 Å². The molecule has 6 rings (SSSR count). The molecular formula is C26H23N3O7S3. The summed E-state index contributed by atoms with van der Waals surface area (Å²) in [5, 5.41) is -0.199. The zero-order valence-corrected chi connectivity index (χ0v) is 23.2. The highest BCUT2D eigenvalue weighted by molar-refractivity contribution is 8.26. The van der Waals surface area contributed by atoms with Gasteiger partial charge in [-0.2, -0.15) is 4.98 Å². The number of hydrogen-bond donors (Lipinski definition) is 0. The summed E-state index contributed by atoms with van der Waals surface area (Å²) in [5.74, 6) is 1.08. The fourth-order valence-corrected chi connectivity index (χ4v) is 6.86. The quantitative estimate of drug-likeness (QED) is 0.311. The van der Waals surface area contributed by atoms with E-state index in [1.54, 1.807) is 35.2 Å². The molecule has 0 saturated carbocycles. The van der Waals surface area contributed by atoms with Crippen molar-refractivity contribution >= 4 is 56.0 Å². The van der Waals surface area contributed by atoms with Crippen LogP contribution in [0.2, 0.25) is 0 Å². The Bertz CT molecular complexity index is 1590. The van der Waals surface area contributed by atoms with Crippen LogP contribution in [-0.2, 0) is 25.9 Å². The number of fused-ring (bicyclic) bond motifs is 1. The highest BCUT2D eigenvalue weighted by Crippen LogP contribution is 2.38. The summed E-state index contributed by atoms with van der Waals surface area (Å²) in [5.41, 5.74) is 1.76. The molecule has 2 aromatic carbocycles. The molecule has 0 radical (unpaired) electrons. The van der Waals surface area contributed by atoms with E-state index in [9.17, 15) is 13.2 Å². The van der Waals surface area contributed by atoms with Gasteiger partial charge in [0.1, 0.15) is 4.32 Å². The highest BCUT2D eigenvalue weighted by atomic mass is 32.2. The van der Waals surface area contributed by atoms with Crippen molar-refractivity contribution in [3.05, 3.63) is 64.4 Å². The van der Waals surface area contributed by atoms with Gasteiger partial charge in [-0.25, -0.2) is 8.42 Å². The summed E-state index contributed by atoms with van der Waals surface area (Å²) >= 11 is 6.59. The van der Waals surface area contributed by atoms with Crippen LogP contribution >= 0.6 is 24.0 Å². The lowest BCUT2D eigenvalue weighted by atomic mass is 10.2. The summed E-state index contributed by atoms with van der Waals surface area (Å²) in [6.07, 6.45) is 1.44. The van der Waals surface area contributed by atoms with Crippen molar-refractivity contribution in [2.24, 2.45) is 0 Å². The van der Waals surface area contributed by atoms with E-state index in [2.05, 4.69) is 4.98 Å². The van der Waals surface area contributed by atoms with Gasteiger partial charge in [-0.05, 0) is 36.8 Å². The van der Waals surface area contributed by atoms with Gasteiger partial charge in [0.25, 0.3) is 5.91 Å². The molecule has 39 heavy (non-hydrogen) atoms. The standard InChI is InChI=1S/C26H23N3O7S3/c1-16-2-5-18(6-3-16)39(31,32)23-25(28-8-10-33-11-9-28)36-22(27-23)13-21-24(30)29(26(37)38-21)14-17-4-7-19-20(12-17)35-15-34-19/h2-7,12-13H,8-11,14-15H2,1H3. The van der Waals surface area contributed by atoms with Crippen LogP contribution in [0, 0.1) is 6.92 Å². The third kappa shape index (κ3) is 5.02. The third-order valence-corrected chi connectivity index (χ3v) is 9.43. The second-order valence-corrected chi connectivity index (χ2v) is 12.6. The van der Waals surface area contributed by atoms with E-state index < -0.39 is 9.84 Å². The Labute approximate surface area is 234 Å². The van der Waals surface area contributed by atoms with Crippen LogP contribution in [0.1, 0.15) is 17.0 Å². The second-order valence-electron chi connectivity index (χ2n) is 9.03. The number of thiocarbonyl (C=S) groups is 1. The molecule has 4 heterocycles. The van der Waals surface area contributed by atoms with E-state index in [4.69, 9.17) is 30.8 Å². The normalized spacial score (nSPS) is 18.4. The first-order valence-corrected chi connectivity index (χ1v) is 14.8. The minimum Gasteiger partial charge on any atom is -0.454 e. The summed E-state index contributed by atoms with van der Waals surface area (Å²) in [7, 11) is -4.00. The second kappa shape index (κ2) is 10.3. The first-order chi connectivity index (χ1) is 18.8. The smallest absolute Gasteiger partial charge is 0.266 e. The molecule has 13 heteroatoms. The maximum absolute atomic E-state index is 13.6. The molecule has 0 aliphatic carbocycles. The van der Waals surface area contributed by atoms with Crippen molar-refractivity contribution in [3.63, 3.8) is 0 Å². The predicted molar refractivity (Wildman–Crippen MR) is 147 cm³/mol. The first-order valence-electron chi connectivity index (χ1n) is 12.1. The van der Waals surface area contributed by atoms with Gasteiger partial charge in [-0.15, -0.1) is 0 Å². The minimum atomic E-state index is -4.00. The molecule has 0 N–H and O–H groups in total. The fraction of sp³-hybridized carbons (Fsp3) is 0.269. The number of oxazole rings is 1. The van der Waals surface area contributed by atoms with Crippen LogP contribution < -0.4 is 14.4 Å². The van der Waals surface area contributed by atoms with Gasteiger partial charge >= 0.3 is 0 Å². The van der Waals surface area contributed by atoms with E-state index in [-0.39, 0.29) is 45.8 Å². The van der Waals surface area contributed by atoms with Gasteiger partial charge < -0.3 is 23.5 Å². The lowest BCUT2D eigenvalue weighted by molar-refractivity contribution is -0.122. The van der Waals surface area contributed by atoms with Crippen molar-refractivity contribution in [1.82, 2.24) is 9.88 Å². The molecule has 0 spiro atoms. The average molecular weight is 586 g/mol. The number of benzene rings is 2. The summed E-state index contributed by atoms with van der Waals surface area (Å²) in [4.78, 5) is 21.3. The molecule has 0 bridgehead atoms. The average Bonchev–Trinajstić information content (AvgIpc) is 3.64. The van der Waals surface area contributed by atoms with Crippen molar-refractivity contribution in [1.29, 1.82) is 0 Å². The summed E-state index contributed by atoms with van der Waals surface area (Å²) in [6, 6.07) is 12.0. The molecule has 3 aromatic rings. The molecule has 3 aliphatic rings. The molecular weight excluding hydrogens is 563 g/mol. The predicted octanol–water partition coefficient (Wildman–Crippen LogP) is 3.78. The van der Waals surface area contributed by atoms with Crippen LogP contribution in [0.3, 0.4) is 0 Å². The Balaban J connectivity index is 1.31. The number of carbonyl (C=O) groups is 1. The van der Waals surface area contributed by atoms with Crippen LogP contribution in [-0.4, -0.2) is 61.6 Å². The van der Waals surface area contributed by atoms with Crippen LogP contribution in [0.4, 0.5) is 5.88 Å². The van der Waals surface area contributed by atoms with Gasteiger partial charge in [0.15, 0.2) is 11.5 Å². The number of amides is 1. The van der Waals surface area contributed by atoms with Crippen LogP contribution in [0.25, 0.3) is 6.08 Å². The number of hydrogen-bond acceptors (Lipinski definition) is 11. The number of thioether (sulfide) groups is 1. The van der Waals surface area contributed by atoms with E-state index >= 15 is 0 Å². The SMILES string of the molecule is Cc1ccc(S(=O)(=O)c2nc(C=C3SC(=S)N(Cc4ccc5c(c4)OCO5)C3=O)oc2N2CCOCC2)cc1. The molecule has 3 aliphatic heterocycles.